The van der Waals surface area contributed by atoms with Crippen molar-refractivity contribution in [2.24, 2.45) is 5.92 Å². The predicted octanol–water partition coefficient (Wildman–Crippen LogP) is 4.05. The van der Waals surface area contributed by atoms with Gasteiger partial charge in [0.15, 0.2) is 5.82 Å². The van der Waals surface area contributed by atoms with Gasteiger partial charge in [-0.3, -0.25) is 0 Å². The summed E-state index contributed by atoms with van der Waals surface area (Å²) in [7, 11) is 0. The molecule has 2 aromatic rings. The van der Waals surface area contributed by atoms with E-state index in [9.17, 15) is 8.78 Å². The van der Waals surface area contributed by atoms with Crippen molar-refractivity contribution in [2.75, 3.05) is 11.9 Å². The molecule has 0 spiro atoms. The maximum absolute atomic E-state index is 13.4. The average Bonchev–Trinajstić information content (AvgIpc) is 2.36. The van der Waals surface area contributed by atoms with E-state index in [0.717, 1.165) is 24.7 Å². The molecule has 0 aliphatic rings. The van der Waals surface area contributed by atoms with Crippen molar-refractivity contribution in [2.45, 2.75) is 27.2 Å². The third-order valence-electron chi connectivity index (χ3n) is 2.88. The van der Waals surface area contributed by atoms with Crippen molar-refractivity contribution in [1.82, 2.24) is 9.97 Å². The molecule has 0 amide bonds. The Morgan fingerprint density at radius 3 is 2.29 bits per heavy atom. The molecule has 2 rings (SSSR count). The lowest BCUT2D eigenvalue weighted by Gasteiger charge is -2.10. The monoisotopic (exact) mass is 291 g/mol. The van der Waals surface area contributed by atoms with E-state index in [1.54, 1.807) is 0 Å². The van der Waals surface area contributed by atoms with E-state index < -0.39 is 11.6 Å². The summed E-state index contributed by atoms with van der Waals surface area (Å²) in [5.41, 5.74) is 1.20. The molecule has 0 bridgehead atoms. The SMILES string of the molecule is CCNc1cc(CC(C)C)nc(-c2cc(F)cc(F)c2)n1. The lowest BCUT2D eigenvalue weighted by molar-refractivity contribution is 0.583. The van der Waals surface area contributed by atoms with Gasteiger partial charge >= 0.3 is 0 Å². The third-order valence-corrected chi connectivity index (χ3v) is 2.88. The lowest BCUT2D eigenvalue weighted by atomic mass is 10.1. The molecule has 0 saturated heterocycles. The summed E-state index contributed by atoms with van der Waals surface area (Å²) in [5.74, 6) is 0.178. The minimum Gasteiger partial charge on any atom is -0.370 e. The molecule has 0 atom stereocenters. The molecule has 0 unspecified atom stereocenters. The second-order valence-electron chi connectivity index (χ2n) is 5.35. The second-order valence-corrected chi connectivity index (χ2v) is 5.35. The Kier molecular flexibility index (Phi) is 4.83. The van der Waals surface area contributed by atoms with Crippen molar-refractivity contribution in [3.63, 3.8) is 0 Å². The van der Waals surface area contributed by atoms with Crippen LogP contribution in [0.25, 0.3) is 11.4 Å². The highest BCUT2D eigenvalue weighted by Gasteiger charge is 2.10. The first kappa shape index (κ1) is 15.4. The molecule has 1 N–H and O–H groups in total. The van der Waals surface area contributed by atoms with Gasteiger partial charge in [0, 0.05) is 29.9 Å². The minimum atomic E-state index is -0.632. The molecule has 112 valence electrons. The molecule has 21 heavy (non-hydrogen) atoms. The highest BCUT2D eigenvalue weighted by atomic mass is 19.1. The average molecular weight is 291 g/mol. The molecule has 0 radical (unpaired) electrons. The van der Waals surface area contributed by atoms with Crippen LogP contribution in [-0.2, 0) is 6.42 Å². The molecule has 0 fully saturated rings. The van der Waals surface area contributed by atoms with E-state index >= 15 is 0 Å². The zero-order valence-electron chi connectivity index (χ0n) is 12.5. The summed E-state index contributed by atoms with van der Waals surface area (Å²) < 4.78 is 26.7. The zero-order valence-corrected chi connectivity index (χ0v) is 12.5. The number of nitrogens with one attached hydrogen (secondary N) is 1. The van der Waals surface area contributed by atoms with Gasteiger partial charge in [-0.15, -0.1) is 0 Å². The summed E-state index contributed by atoms with van der Waals surface area (Å²) in [6.07, 6.45) is 0.783. The summed E-state index contributed by atoms with van der Waals surface area (Å²) in [5, 5.41) is 3.12. The third kappa shape index (κ3) is 4.21. The highest BCUT2D eigenvalue weighted by Crippen LogP contribution is 2.21. The van der Waals surface area contributed by atoms with Gasteiger partial charge in [-0.1, -0.05) is 13.8 Å². The molecule has 0 aliphatic carbocycles. The Morgan fingerprint density at radius 2 is 1.71 bits per heavy atom. The Balaban J connectivity index is 2.47. The van der Waals surface area contributed by atoms with Crippen LogP contribution in [0.1, 0.15) is 26.5 Å². The standard InChI is InChI=1S/C16H19F2N3/c1-4-19-15-9-14(5-10(2)3)20-16(21-15)11-6-12(17)8-13(18)7-11/h6-10H,4-5H2,1-3H3,(H,19,20,21). The number of hydrogen-bond acceptors (Lipinski definition) is 3. The number of benzene rings is 1. The van der Waals surface area contributed by atoms with Gasteiger partial charge in [0.1, 0.15) is 17.5 Å². The van der Waals surface area contributed by atoms with Crippen molar-refractivity contribution < 1.29 is 8.78 Å². The smallest absolute Gasteiger partial charge is 0.161 e. The van der Waals surface area contributed by atoms with Gasteiger partial charge in [-0.05, 0) is 31.4 Å². The van der Waals surface area contributed by atoms with Crippen LogP contribution in [0.3, 0.4) is 0 Å². The Morgan fingerprint density at radius 1 is 1.05 bits per heavy atom. The second kappa shape index (κ2) is 6.61. The van der Waals surface area contributed by atoms with Crippen LogP contribution in [0.5, 0.6) is 0 Å². The van der Waals surface area contributed by atoms with E-state index in [0.29, 0.717) is 23.1 Å². The van der Waals surface area contributed by atoms with Crippen molar-refractivity contribution in [1.29, 1.82) is 0 Å². The first-order chi connectivity index (χ1) is 9.97. The summed E-state index contributed by atoms with van der Waals surface area (Å²) in [6, 6.07) is 5.20. The molecule has 3 nitrogen and oxygen atoms in total. The van der Waals surface area contributed by atoms with Crippen LogP contribution in [0, 0.1) is 17.6 Å². The summed E-state index contributed by atoms with van der Waals surface area (Å²) >= 11 is 0. The van der Waals surface area contributed by atoms with Crippen molar-refractivity contribution >= 4 is 5.82 Å². The van der Waals surface area contributed by atoms with Gasteiger partial charge in [-0.25, -0.2) is 18.7 Å². The quantitative estimate of drug-likeness (QED) is 0.903. The maximum atomic E-state index is 13.4. The molecule has 5 heteroatoms. The molecule has 0 aliphatic heterocycles. The topological polar surface area (TPSA) is 37.8 Å². The van der Waals surface area contributed by atoms with E-state index in [2.05, 4.69) is 29.1 Å². The molecule has 1 aromatic heterocycles. The maximum Gasteiger partial charge on any atom is 0.161 e. The van der Waals surface area contributed by atoms with Gasteiger partial charge in [-0.2, -0.15) is 0 Å². The van der Waals surface area contributed by atoms with Crippen LogP contribution >= 0.6 is 0 Å². The predicted molar refractivity (Wildman–Crippen MR) is 80.1 cm³/mol. The van der Waals surface area contributed by atoms with Crippen LogP contribution in [0.2, 0.25) is 0 Å². The van der Waals surface area contributed by atoms with Crippen LogP contribution in [0.15, 0.2) is 24.3 Å². The van der Waals surface area contributed by atoms with Crippen LogP contribution in [0.4, 0.5) is 14.6 Å². The minimum absolute atomic E-state index is 0.336. The van der Waals surface area contributed by atoms with Crippen LogP contribution < -0.4 is 5.32 Å². The number of aromatic nitrogens is 2. The molecule has 1 aromatic carbocycles. The largest absolute Gasteiger partial charge is 0.370 e. The van der Waals surface area contributed by atoms with E-state index in [1.165, 1.54) is 12.1 Å². The van der Waals surface area contributed by atoms with Gasteiger partial charge in [0.05, 0.1) is 0 Å². The normalized spacial score (nSPS) is 11.0. The number of nitrogens with zero attached hydrogens (tertiary/aromatic N) is 2. The zero-order chi connectivity index (χ0) is 15.4. The van der Waals surface area contributed by atoms with Crippen molar-refractivity contribution in [3.05, 3.63) is 41.6 Å². The number of halogens is 2. The Hall–Kier alpha value is -2.04. The first-order valence-corrected chi connectivity index (χ1v) is 7.06. The molecule has 0 saturated carbocycles. The lowest BCUT2D eigenvalue weighted by Crippen LogP contribution is -2.06. The number of hydrogen-bond donors (Lipinski definition) is 1. The summed E-state index contributed by atoms with van der Waals surface area (Å²) in [6.45, 7) is 6.87. The van der Waals surface area contributed by atoms with Gasteiger partial charge in [0.25, 0.3) is 0 Å². The number of anilines is 1. The highest BCUT2D eigenvalue weighted by molar-refractivity contribution is 5.57. The first-order valence-electron chi connectivity index (χ1n) is 7.06. The fourth-order valence-corrected chi connectivity index (χ4v) is 2.10. The fraction of sp³-hybridized carbons (Fsp3) is 0.375. The fourth-order valence-electron chi connectivity index (χ4n) is 2.10. The summed E-state index contributed by atoms with van der Waals surface area (Å²) in [4.78, 5) is 8.75. The van der Waals surface area contributed by atoms with Gasteiger partial charge in [0.2, 0.25) is 0 Å². The Bertz CT molecular complexity index is 607. The van der Waals surface area contributed by atoms with Gasteiger partial charge < -0.3 is 5.32 Å². The van der Waals surface area contributed by atoms with Crippen LogP contribution in [-0.4, -0.2) is 16.5 Å². The molecule has 1 heterocycles. The van der Waals surface area contributed by atoms with Crippen molar-refractivity contribution in [3.8, 4) is 11.4 Å². The van der Waals surface area contributed by atoms with E-state index in [4.69, 9.17) is 0 Å². The molecular formula is C16H19F2N3. The van der Waals surface area contributed by atoms with E-state index in [-0.39, 0.29) is 0 Å². The number of rotatable bonds is 5. The Labute approximate surface area is 123 Å². The molecular weight excluding hydrogens is 272 g/mol. The van der Waals surface area contributed by atoms with E-state index in [1.807, 2.05) is 13.0 Å².